The largest absolute Gasteiger partial charge is 0.338 e. The van der Waals surface area contributed by atoms with E-state index in [1.807, 2.05) is 24.5 Å². The van der Waals surface area contributed by atoms with Crippen LogP contribution in [0.3, 0.4) is 0 Å². The van der Waals surface area contributed by atoms with Crippen molar-refractivity contribution in [1.82, 2.24) is 20.1 Å². The third-order valence-electron chi connectivity index (χ3n) is 6.39. The molecule has 3 saturated heterocycles. The van der Waals surface area contributed by atoms with E-state index in [1.165, 1.54) is 44.3 Å². The smallest absolute Gasteiger partial charge is 0.222 e. The van der Waals surface area contributed by atoms with Gasteiger partial charge in [-0.3, -0.25) is 14.7 Å². The quantitative estimate of drug-likeness (QED) is 0.913. The van der Waals surface area contributed by atoms with Crippen molar-refractivity contribution in [2.75, 3.05) is 32.7 Å². The molecule has 1 aromatic rings. The zero-order valence-electron chi connectivity index (χ0n) is 15.1. The average Bonchev–Trinajstić information content (AvgIpc) is 2.67. The molecule has 4 rings (SSSR count). The van der Waals surface area contributed by atoms with Crippen molar-refractivity contribution in [3.8, 4) is 0 Å². The molecular formula is C20H30N4O. The lowest BCUT2D eigenvalue weighted by atomic mass is 9.73. The van der Waals surface area contributed by atoms with Crippen LogP contribution < -0.4 is 5.32 Å². The van der Waals surface area contributed by atoms with Gasteiger partial charge in [0.15, 0.2) is 0 Å². The van der Waals surface area contributed by atoms with E-state index in [1.54, 1.807) is 0 Å². The molecule has 1 unspecified atom stereocenters. The van der Waals surface area contributed by atoms with Crippen LogP contribution in [0, 0.1) is 5.41 Å². The predicted octanol–water partition coefficient (Wildman–Crippen LogP) is 2.04. The zero-order chi connectivity index (χ0) is 17.1. The van der Waals surface area contributed by atoms with Gasteiger partial charge in [0.2, 0.25) is 5.91 Å². The van der Waals surface area contributed by atoms with Gasteiger partial charge in [-0.1, -0.05) is 0 Å². The van der Waals surface area contributed by atoms with E-state index in [0.29, 0.717) is 17.7 Å². The highest BCUT2D eigenvalue weighted by Crippen LogP contribution is 2.40. The number of pyridine rings is 1. The van der Waals surface area contributed by atoms with Crippen LogP contribution in [0.1, 0.15) is 44.1 Å². The fourth-order valence-electron chi connectivity index (χ4n) is 5.02. The molecule has 4 heterocycles. The Morgan fingerprint density at radius 1 is 1.16 bits per heavy atom. The van der Waals surface area contributed by atoms with Gasteiger partial charge in [0.25, 0.3) is 0 Å². The van der Waals surface area contributed by atoms with Crippen molar-refractivity contribution < 1.29 is 4.79 Å². The lowest BCUT2D eigenvalue weighted by Crippen LogP contribution is -2.56. The lowest BCUT2D eigenvalue weighted by Gasteiger charge is -2.50. The van der Waals surface area contributed by atoms with Gasteiger partial charge in [-0.15, -0.1) is 0 Å². The Hall–Kier alpha value is -1.46. The molecule has 3 aliphatic heterocycles. The highest BCUT2D eigenvalue weighted by molar-refractivity contribution is 5.77. The third kappa shape index (κ3) is 3.87. The summed E-state index contributed by atoms with van der Waals surface area (Å²) in [5.41, 5.74) is 1.50. The molecule has 5 nitrogen and oxygen atoms in total. The minimum atomic E-state index is 0.310. The van der Waals surface area contributed by atoms with Gasteiger partial charge in [0.1, 0.15) is 0 Å². The first-order valence-corrected chi connectivity index (χ1v) is 9.86. The van der Waals surface area contributed by atoms with Crippen molar-refractivity contribution in [3.63, 3.8) is 0 Å². The minimum absolute atomic E-state index is 0.310. The number of carbonyl (C=O) groups is 1. The van der Waals surface area contributed by atoms with Gasteiger partial charge < -0.3 is 10.2 Å². The van der Waals surface area contributed by atoms with E-state index in [2.05, 4.69) is 20.1 Å². The van der Waals surface area contributed by atoms with Gasteiger partial charge in [-0.25, -0.2) is 0 Å². The van der Waals surface area contributed by atoms with E-state index < -0.39 is 0 Å². The first-order chi connectivity index (χ1) is 12.2. The van der Waals surface area contributed by atoms with Crippen LogP contribution in [0.25, 0.3) is 0 Å². The highest BCUT2D eigenvalue weighted by atomic mass is 16.2. The molecule has 5 heteroatoms. The Bertz CT molecular complexity index is 587. The van der Waals surface area contributed by atoms with Crippen molar-refractivity contribution >= 4 is 5.91 Å². The summed E-state index contributed by atoms with van der Waals surface area (Å²) < 4.78 is 0. The third-order valence-corrected chi connectivity index (χ3v) is 6.39. The first-order valence-electron chi connectivity index (χ1n) is 9.86. The van der Waals surface area contributed by atoms with Crippen LogP contribution >= 0.6 is 0 Å². The Kier molecular flexibility index (Phi) is 5.04. The van der Waals surface area contributed by atoms with Crippen LogP contribution in [0.2, 0.25) is 0 Å². The maximum atomic E-state index is 12.5. The monoisotopic (exact) mass is 342 g/mol. The van der Waals surface area contributed by atoms with Crippen LogP contribution in [0.15, 0.2) is 24.5 Å². The summed E-state index contributed by atoms with van der Waals surface area (Å²) in [4.78, 5) is 21.4. The fourth-order valence-corrected chi connectivity index (χ4v) is 5.02. The summed E-state index contributed by atoms with van der Waals surface area (Å²) in [7, 11) is 0. The maximum Gasteiger partial charge on any atom is 0.222 e. The minimum Gasteiger partial charge on any atom is -0.338 e. The number of nitrogens with one attached hydrogen (secondary N) is 1. The molecule has 25 heavy (non-hydrogen) atoms. The van der Waals surface area contributed by atoms with E-state index in [0.717, 1.165) is 38.6 Å². The molecule has 3 aliphatic rings. The molecule has 1 aromatic heterocycles. The van der Waals surface area contributed by atoms with Crippen LogP contribution in [0.5, 0.6) is 0 Å². The van der Waals surface area contributed by atoms with Crippen LogP contribution in [0.4, 0.5) is 0 Å². The van der Waals surface area contributed by atoms with Gasteiger partial charge in [-0.2, -0.15) is 0 Å². The van der Waals surface area contributed by atoms with E-state index in [9.17, 15) is 4.79 Å². The highest BCUT2D eigenvalue weighted by Gasteiger charge is 2.42. The van der Waals surface area contributed by atoms with Gasteiger partial charge in [0.05, 0.1) is 0 Å². The molecule has 136 valence electrons. The first kappa shape index (κ1) is 17.0. The zero-order valence-corrected chi connectivity index (χ0v) is 15.1. The average molecular weight is 342 g/mol. The number of likely N-dealkylation sites (tertiary alicyclic amines) is 2. The molecule has 1 N–H and O–H groups in total. The molecule has 0 aliphatic carbocycles. The number of rotatable bonds is 3. The van der Waals surface area contributed by atoms with Gasteiger partial charge >= 0.3 is 0 Å². The lowest BCUT2D eigenvalue weighted by molar-refractivity contribution is -0.140. The Labute approximate surface area is 150 Å². The topological polar surface area (TPSA) is 48.5 Å². The summed E-state index contributed by atoms with van der Waals surface area (Å²) in [6, 6.07) is 4.79. The van der Waals surface area contributed by atoms with Crippen molar-refractivity contribution in [2.45, 2.75) is 51.1 Å². The number of nitrogens with zero attached hydrogens (tertiary/aromatic N) is 3. The van der Waals surface area contributed by atoms with Crippen LogP contribution in [-0.2, 0) is 11.3 Å². The Balaban J connectivity index is 1.44. The second-order valence-electron chi connectivity index (χ2n) is 8.16. The summed E-state index contributed by atoms with van der Waals surface area (Å²) in [6.45, 7) is 6.39. The molecule has 0 aromatic carbocycles. The molecule has 0 saturated carbocycles. The molecule has 1 atom stereocenters. The molecular weight excluding hydrogens is 312 g/mol. The number of piperidine rings is 3. The Morgan fingerprint density at radius 2 is 1.96 bits per heavy atom. The molecule has 1 amide bonds. The predicted molar refractivity (Wildman–Crippen MR) is 98.0 cm³/mol. The second kappa shape index (κ2) is 7.42. The number of aromatic nitrogens is 1. The van der Waals surface area contributed by atoms with E-state index >= 15 is 0 Å². The number of carbonyl (C=O) groups excluding carboxylic acids is 1. The number of hydrogen-bond donors (Lipinski definition) is 1. The fraction of sp³-hybridized carbons (Fsp3) is 0.700. The standard InChI is InChI=1S/C20H30N4O/c25-19-2-8-20(16-24(19)14-17-3-9-21-10-4-17)7-1-13-23(15-20)18-5-11-22-12-6-18/h3-4,9-10,18,22H,1-2,5-8,11-16H2. The van der Waals surface area contributed by atoms with Gasteiger partial charge in [0, 0.05) is 49.9 Å². The molecule has 1 spiro atoms. The molecule has 0 bridgehead atoms. The summed E-state index contributed by atoms with van der Waals surface area (Å²) in [6.07, 6.45) is 10.5. The van der Waals surface area contributed by atoms with Crippen molar-refractivity contribution in [2.24, 2.45) is 5.41 Å². The summed E-state index contributed by atoms with van der Waals surface area (Å²) >= 11 is 0. The Morgan fingerprint density at radius 3 is 2.76 bits per heavy atom. The van der Waals surface area contributed by atoms with Gasteiger partial charge in [-0.05, 0) is 69.4 Å². The van der Waals surface area contributed by atoms with Crippen LogP contribution in [-0.4, -0.2) is 59.5 Å². The van der Waals surface area contributed by atoms with E-state index in [4.69, 9.17) is 0 Å². The number of amides is 1. The second-order valence-corrected chi connectivity index (χ2v) is 8.16. The molecule has 3 fully saturated rings. The normalized spacial score (nSPS) is 29.3. The summed E-state index contributed by atoms with van der Waals surface area (Å²) in [5.74, 6) is 0.321. The summed E-state index contributed by atoms with van der Waals surface area (Å²) in [5, 5.41) is 3.48. The SMILES string of the molecule is O=C1CCC2(CCCN(C3CCNCC3)C2)CN1Cc1ccncc1. The number of hydrogen-bond acceptors (Lipinski definition) is 4. The maximum absolute atomic E-state index is 12.5. The van der Waals surface area contributed by atoms with E-state index in [-0.39, 0.29) is 0 Å². The van der Waals surface area contributed by atoms with Crippen molar-refractivity contribution in [3.05, 3.63) is 30.1 Å². The van der Waals surface area contributed by atoms with Crippen molar-refractivity contribution in [1.29, 1.82) is 0 Å². The molecule has 0 radical (unpaired) electrons.